The zero-order chi connectivity index (χ0) is 14.2. The number of benzene rings is 1. The third-order valence-corrected chi connectivity index (χ3v) is 5.08. The summed E-state index contributed by atoms with van der Waals surface area (Å²) in [5.41, 5.74) is 1.75. The van der Waals surface area contributed by atoms with Crippen molar-refractivity contribution in [3.63, 3.8) is 0 Å². The van der Waals surface area contributed by atoms with Crippen LogP contribution in [0.5, 0.6) is 0 Å². The van der Waals surface area contributed by atoms with Crippen LogP contribution in [0.25, 0.3) is 0 Å². The maximum absolute atomic E-state index is 12.7. The van der Waals surface area contributed by atoms with E-state index in [9.17, 15) is 4.79 Å². The normalized spacial score (nSPS) is 25.0. The Hall–Kier alpha value is -0.860. The highest BCUT2D eigenvalue weighted by Crippen LogP contribution is 2.43. The number of aryl methyl sites for hydroxylation is 1. The van der Waals surface area contributed by atoms with E-state index in [-0.39, 0.29) is 17.3 Å². The van der Waals surface area contributed by atoms with E-state index in [1.165, 1.54) is 12.8 Å². The number of hydrogen-bond donors (Lipinski definition) is 0. The lowest BCUT2D eigenvalue weighted by atomic mass is 9.80. The number of Topliss-reactive ketones (excluding diaryl/α,β-unsaturated/α-hetero) is 1. The Bertz CT molecular complexity index is 518. The lowest BCUT2D eigenvalue weighted by molar-refractivity contribution is -0.0866. The Kier molecular flexibility index (Phi) is 3.87. The lowest BCUT2D eigenvalue weighted by Gasteiger charge is -2.37. The number of halogens is 1. The van der Waals surface area contributed by atoms with Gasteiger partial charge in [0.2, 0.25) is 0 Å². The van der Waals surface area contributed by atoms with Crippen LogP contribution < -0.4 is 0 Å². The molecule has 1 atom stereocenters. The van der Waals surface area contributed by atoms with Gasteiger partial charge in [0, 0.05) is 18.1 Å². The molecule has 20 heavy (non-hydrogen) atoms. The molecule has 0 amide bonds. The summed E-state index contributed by atoms with van der Waals surface area (Å²) in [6, 6.07) is 5.71. The molecule has 0 N–H and O–H groups in total. The fraction of sp³-hybridized carbons (Fsp3) is 0.588. The van der Waals surface area contributed by atoms with Crippen molar-refractivity contribution >= 4 is 17.4 Å². The van der Waals surface area contributed by atoms with Gasteiger partial charge in [0.15, 0.2) is 5.78 Å². The van der Waals surface area contributed by atoms with Gasteiger partial charge in [0.1, 0.15) is 0 Å². The average Bonchev–Trinajstić information content (AvgIpc) is 2.86. The Balaban J connectivity index is 1.79. The zero-order valence-electron chi connectivity index (χ0n) is 12.0. The minimum atomic E-state index is -0.0181. The van der Waals surface area contributed by atoms with Gasteiger partial charge < -0.3 is 4.74 Å². The molecule has 0 aromatic heterocycles. The summed E-state index contributed by atoms with van der Waals surface area (Å²) >= 11 is 6.24. The number of carbonyl (C=O) groups is 1. The van der Waals surface area contributed by atoms with Gasteiger partial charge >= 0.3 is 0 Å². The van der Waals surface area contributed by atoms with Gasteiger partial charge in [0.25, 0.3) is 0 Å². The van der Waals surface area contributed by atoms with Crippen LogP contribution in [-0.4, -0.2) is 18.0 Å². The van der Waals surface area contributed by atoms with Crippen LogP contribution in [0.3, 0.4) is 0 Å². The molecule has 1 aromatic carbocycles. The van der Waals surface area contributed by atoms with Gasteiger partial charge in [-0.3, -0.25) is 4.79 Å². The predicted octanol–water partition coefficient (Wildman–Crippen LogP) is 4.57. The van der Waals surface area contributed by atoms with Gasteiger partial charge in [-0.2, -0.15) is 0 Å². The number of ketones is 1. The highest BCUT2D eigenvalue weighted by molar-refractivity contribution is 6.34. The maximum atomic E-state index is 12.7. The molecule has 2 nitrogen and oxygen atoms in total. The second-order valence-electron chi connectivity index (χ2n) is 6.28. The van der Waals surface area contributed by atoms with E-state index in [0.717, 1.165) is 31.2 Å². The van der Waals surface area contributed by atoms with Gasteiger partial charge in [-0.05, 0) is 50.3 Å². The first-order chi connectivity index (χ1) is 9.60. The first-order valence-electron chi connectivity index (χ1n) is 7.54. The molecule has 1 spiro atoms. The molecule has 1 aromatic rings. The smallest absolute Gasteiger partial charge is 0.167 e. The summed E-state index contributed by atoms with van der Waals surface area (Å²) in [4.78, 5) is 12.7. The zero-order valence-corrected chi connectivity index (χ0v) is 12.7. The van der Waals surface area contributed by atoms with Crippen LogP contribution in [0.1, 0.15) is 54.4 Å². The predicted molar refractivity (Wildman–Crippen MR) is 80.4 cm³/mol. The Morgan fingerprint density at radius 1 is 1.35 bits per heavy atom. The largest absolute Gasteiger partial charge is 0.375 e. The maximum Gasteiger partial charge on any atom is 0.167 e. The summed E-state index contributed by atoms with van der Waals surface area (Å²) in [5, 5.41) is 0.585. The Labute approximate surface area is 125 Å². The monoisotopic (exact) mass is 292 g/mol. The number of carbonyl (C=O) groups excluding carboxylic acids is 1. The molecule has 3 heteroatoms. The second kappa shape index (κ2) is 5.50. The summed E-state index contributed by atoms with van der Waals surface area (Å²) in [6.45, 7) is 2.70. The minimum absolute atomic E-state index is 0.0181. The van der Waals surface area contributed by atoms with Gasteiger partial charge in [-0.15, -0.1) is 0 Å². The first kappa shape index (κ1) is 14.1. The van der Waals surface area contributed by atoms with Crippen molar-refractivity contribution in [1.29, 1.82) is 0 Å². The highest BCUT2D eigenvalue weighted by Gasteiger charge is 2.42. The highest BCUT2D eigenvalue weighted by atomic mass is 35.5. The summed E-state index contributed by atoms with van der Waals surface area (Å²) in [5.74, 6) is 0.270. The van der Waals surface area contributed by atoms with Crippen molar-refractivity contribution in [2.24, 2.45) is 5.92 Å². The molecule has 1 saturated heterocycles. The van der Waals surface area contributed by atoms with Crippen LogP contribution in [-0.2, 0) is 4.74 Å². The van der Waals surface area contributed by atoms with Gasteiger partial charge in [-0.1, -0.05) is 30.5 Å². The molecule has 1 aliphatic carbocycles. The quantitative estimate of drug-likeness (QED) is 0.746. The fourth-order valence-electron chi connectivity index (χ4n) is 3.66. The van der Waals surface area contributed by atoms with Crippen LogP contribution in [0.2, 0.25) is 5.02 Å². The fourth-order valence-corrected chi connectivity index (χ4v) is 3.99. The molecule has 1 heterocycles. The van der Waals surface area contributed by atoms with E-state index in [4.69, 9.17) is 16.3 Å². The van der Waals surface area contributed by atoms with E-state index >= 15 is 0 Å². The summed E-state index contributed by atoms with van der Waals surface area (Å²) < 4.78 is 6.01. The molecular weight excluding hydrogens is 272 g/mol. The minimum Gasteiger partial charge on any atom is -0.375 e. The summed E-state index contributed by atoms with van der Waals surface area (Å²) in [6.07, 6.45) is 6.37. The van der Waals surface area contributed by atoms with E-state index in [1.54, 1.807) is 0 Å². The lowest BCUT2D eigenvalue weighted by Crippen LogP contribution is -2.39. The van der Waals surface area contributed by atoms with Crippen molar-refractivity contribution in [2.75, 3.05) is 6.61 Å². The molecule has 1 aliphatic heterocycles. The van der Waals surface area contributed by atoms with Crippen LogP contribution in [0.15, 0.2) is 18.2 Å². The molecular formula is C17H21ClO2. The average molecular weight is 293 g/mol. The van der Waals surface area contributed by atoms with E-state index in [1.807, 2.05) is 25.1 Å². The molecule has 3 rings (SSSR count). The van der Waals surface area contributed by atoms with Gasteiger partial charge in [-0.25, -0.2) is 0 Å². The van der Waals surface area contributed by atoms with Crippen molar-refractivity contribution in [3.8, 4) is 0 Å². The number of rotatable bonds is 2. The topological polar surface area (TPSA) is 26.3 Å². The molecule has 2 aliphatic rings. The van der Waals surface area contributed by atoms with Crippen molar-refractivity contribution < 1.29 is 9.53 Å². The van der Waals surface area contributed by atoms with Crippen molar-refractivity contribution in [3.05, 3.63) is 34.3 Å². The van der Waals surface area contributed by atoms with Crippen molar-refractivity contribution in [2.45, 2.75) is 51.0 Å². The van der Waals surface area contributed by atoms with E-state index < -0.39 is 0 Å². The second-order valence-corrected chi connectivity index (χ2v) is 6.68. The van der Waals surface area contributed by atoms with Crippen LogP contribution in [0, 0.1) is 12.8 Å². The van der Waals surface area contributed by atoms with E-state index in [0.29, 0.717) is 17.2 Å². The molecule has 108 valence electrons. The molecule has 1 unspecified atom stereocenters. The third kappa shape index (κ3) is 2.64. The van der Waals surface area contributed by atoms with E-state index in [2.05, 4.69) is 0 Å². The number of ether oxygens (including phenoxy) is 1. The molecule has 2 fully saturated rings. The number of hydrogen-bond acceptors (Lipinski definition) is 2. The summed E-state index contributed by atoms with van der Waals surface area (Å²) in [7, 11) is 0. The third-order valence-electron chi connectivity index (χ3n) is 4.77. The molecule has 0 bridgehead atoms. The Morgan fingerprint density at radius 3 is 2.80 bits per heavy atom. The van der Waals surface area contributed by atoms with Crippen LogP contribution >= 0.6 is 11.6 Å². The standard InChI is InChI=1S/C17H21ClO2/c1-12-4-5-14(15(18)10-12)16(19)13-6-9-20-17(11-13)7-2-3-8-17/h4-5,10,13H,2-3,6-9,11H2,1H3. The molecule has 0 radical (unpaired) electrons. The SMILES string of the molecule is Cc1ccc(C(=O)C2CCOC3(CCCC3)C2)c(Cl)c1. The Morgan fingerprint density at radius 2 is 2.10 bits per heavy atom. The van der Waals surface area contributed by atoms with Crippen LogP contribution in [0.4, 0.5) is 0 Å². The molecule has 1 saturated carbocycles. The van der Waals surface area contributed by atoms with Crippen molar-refractivity contribution in [1.82, 2.24) is 0 Å². The van der Waals surface area contributed by atoms with Gasteiger partial charge in [0.05, 0.1) is 10.6 Å². The first-order valence-corrected chi connectivity index (χ1v) is 7.92.